The van der Waals surface area contributed by atoms with E-state index in [1.54, 1.807) is 0 Å². The highest BCUT2D eigenvalue weighted by atomic mass is 28.4. The molecule has 2 heterocycles. The molecule has 0 atom stereocenters. The summed E-state index contributed by atoms with van der Waals surface area (Å²) in [5, 5.41) is 7.24. The van der Waals surface area contributed by atoms with Crippen LogP contribution in [0.1, 0.15) is 12.8 Å². The lowest BCUT2D eigenvalue weighted by molar-refractivity contribution is 0.0384. The molecular weight excluding hydrogens is 424 g/mol. The number of hydrogen-bond acceptors (Lipinski definition) is 7. The maximum absolute atomic E-state index is 6.81. The average molecular weight is 475 g/mol. The zero-order valence-corrected chi connectivity index (χ0v) is 22.8. The molecular formula is C22H50N4O3Si2. The van der Waals surface area contributed by atoms with Crippen LogP contribution in [0, 0.1) is 0 Å². The van der Waals surface area contributed by atoms with Gasteiger partial charge in [-0.2, -0.15) is 0 Å². The fourth-order valence-electron chi connectivity index (χ4n) is 4.50. The Kier molecular flexibility index (Phi) is 13.4. The zero-order valence-electron chi connectivity index (χ0n) is 20.8. The van der Waals surface area contributed by atoms with Crippen molar-refractivity contribution in [2.24, 2.45) is 0 Å². The molecule has 9 heteroatoms. The van der Waals surface area contributed by atoms with Crippen LogP contribution in [0.3, 0.4) is 0 Å². The Morgan fingerprint density at radius 1 is 0.645 bits per heavy atom. The first-order valence-corrected chi connectivity index (χ1v) is 18.8. The third-order valence-corrected chi connectivity index (χ3v) is 13.8. The van der Waals surface area contributed by atoms with Crippen molar-refractivity contribution >= 4 is 16.6 Å². The van der Waals surface area contributed by atoms with E-state index in [2.05, 4.69) is 46.6 Å². The second-order valence-electron chi connectivity index (χ2n) is 10.2. The lowest BCUT2D eigenvalue weighted by Crippen LogP contribution is -2.45. The summed E-state index contributed by atoms with van der Waals surface area (Å²) in [6.45, 7) is 24.2. The number of hydrogen-bond donors (Lipinski definition) is 2. The molecule has 0 aromatic heterocycles. The second-order valence-corrected chi connectivity index (χ2v) is 19.1. The van der Waals surface area contributed by atoms with Crippen LogP contribution in [-0.2, 0) is 13.6 Å². The van der Waals surface area contributed by atoms with E-state index in [0.717, 1.165) is 91.9 Å². The molecule has 2 N–H and O–H groups in total. The van der Waals surface area contributed by atoms with Crippen LogP contribution in [-0.4, -0.2) is 118 Å². The Morgan fingerprint density at radius 2 is 1.03 bits per heavy atom. The molecule has 2 saturated heterocycles. The molecule has 184 valence electrons. The smallest absolute Gasteiger partial charge is 0.173 e. The molecule has 2 aliphatic rings. The van der Waals surface area contributed by atoms with Gasteiger partial charge in [-0.3, -0.25) is 9.80 Å². The van der Waals surface area contributed by atoms with Gasteiger partial charge in [0, 0.05) is 52.4 Å². The standard InChI is InChI=1S/C22H50N4O3Si2/c1-30(2,21-5-7-23-9-11-25-13-17-27-18-14-25)29-31(3,4)22-6-8-24-10-12-26-15-19-28-20-16-26/h23-24H,5-22H2,1-4H3. The van der Waals surface area contributed by atoms with E-state index in [4.69, 9.17) is 13.6 Å². The molecule has 2 rings (SSSR count). The molecule has 7 nitrogen and oxygen atoms in total. The summed E-state index contributed by atoms with van der Waals surface area (Å²) in [4.78, 5) is 4.98. The molecule has 0 amide bonds. The average Bonchev–Trinajstić information content (AvgIpc) is 2.74. The van der Waals surface area contributed by atoms with Crippen LogP contribution >= 0.6 is 0 Å². The summed E-state index contributed by atoms with van der Waals surface area (Å²) in [5.41, 5.74) is 0. The fraction of sp³-hybridized carbons (Fsp3) is 1.00. The quantitative estimate of drug-likeness (QED) is 0.262. The molecule has 31 heavy (non-hydrogen) atoms. The fourth-order valence-corrected chi connectivity index (χ4v) is 13.4. The van der Waals surface area contributed by atoms with E-state index < -0.39 is 16.6 Å². The highest BCUT2D eigenvalue weighted by Gasteiger charge is 2.32. The largest absolute Gasteiger partial charge is 0.455 e. The molecule has 0 saturated carbocycles. The van der Waals surface area contributed by atoms with Crippen LogP contribution < -0.4 is 10.6 Å². The Morgan fingerprint density at radius 3 is 1.42 bits per heavy atom. The Labute approximate surface area is 193 Å². The van der Waals surface area contributed by atoms with Crippen LogP contribution in [0.15, 0.2) is 0 Å². The normalized spacial score (nSPS) is 19.7. The van der Waals surface area contributed by atoms with Gasteiger partial charge in [0.05, 0.1) is 26.4 Å². The summed E-state index contributed by atoms with van der Waals surface area (Å²) in [6, 6.07) is 2.51. The summed E-state index contributed by atoms with van der Waals surface area (Å²) >= 11 is 0. The van der Waals surface area contributed by atoms with Crippen LogP contribution in [0.2, 0.25) is 38.3 Å². The van der Waals surface area contributed by atoms with Crippen molar-refractivity contribution in [2.45, 2.75) is 51.1 Å². The summed E-state index contributed by atoms with van der Waals surface area (Å²) in [5.74, 6) is 0. The minimum Gasteiger partial charge on any atom is -0.455 e. The van der Waals surface area contributed by atoms with Crippen molar-refractivity contribution in [2.75, 3.05) is 91.9 Å². The van der Waals surface area contributed by atoms with Crippen molar-refractivity contribution in [3.8, 4) is 0 Å². The minimum absolute atomic E-state index is 0.890. The van der Waals surface area contributed by atoms with E-state index in [9.17, 15) is 0 Å². The predicted molar refractivity (Wildman–Crippen MR) is 135 cm³/mol. The van der Waals surface area contributed by atoms with Crippen molar-refractivity contribution in [1.82, 2.24) is 20.4 Å². The maximum Gasteiger partial charge on any atom is 0.173 e. The first kappa shape index (κ1) is 27.4. The number of nitrogens with zero attached hydrogens (tertiary/aromatic N) is 2. The van der Waals surface area contributed by atoms with Gasteiger partial charge >= 0.3 is 0 Å². The predicted octanol–water partition coefficient (Wildman–Crippen LogP) is 2.04. The van der Waals surface area contributed by atoms with Gasteiger partial charge in [-0.1, -0.05) is 0 Å². The SMILES string of the molecule is C[Si](C)(CCCNCCN1CCOCC1)O[Si](C)(C)CCCNCCN1CCOCC1. The van der Waals surface area contributed by atoms with E-state index >= 15 is 0 Å². The highest BCUT2D eigenvalue weighted by Crippen LogP contribution is 2.23. The van der Waals surface area contributed by atoms with Gasteiger partial charge in [0.25, 0.3) is 0 Å². The number of ether oxygens (including phenoxy) is 2. The lowest BCUT2D eigenvalue weighted by Gasteiger charge is -2.34. The van der Waals surface area contributed by atoms with Gasteiger partial charge in [-0.25, -0.2) is 0 Å². The number of morpholine rings is 2. The van der Waals surface area contributed by atoms with Crippen molar-refractivity contribution < 1.29 is 13.6 Å². The molecule has 2 aliphatic heterocycles. The zero-order chi connectivity index (χ0) is 22.4. The third kappa shape index (κ3) is 13.5. The van der Waals surface area contributed by atoms with Gasteiger partial charge in [0.1, 0.15) is 0 Å². The summed E-state index contributed by atoms with van der Waals surface area (Å²) in [6.07, 6.45) is 2.46. The maximum atomic E-state index is 6.81. The Hall–Kier alpha value is 0.154. The molecule has 0 spiro atoms. The first-order valence-electron chi connectivity index (χ1n) is 12.6. The molecule has 0 aromatic rings. The van der Waals surface area contributed by atoms with Gasteiger partial charge in [-0.15, -0.1) is 0 Å². The first-order chi connectivity index (χ1) is 14.9. The van der Waals surface area contributed by atoms with Crippen LogP contribution in [0.5, 0.6) is 0 Å². The second kappa shape index (κ2) is 15.1. The number of rotatable bonds is 16. The Balaban J connectivity index is 1.46. The van der Waals surface area contributed by atoms with E-state index in [0.29, 0.717) is 0 Å². The van der Waals surface area contributed by atoms with Crippen molar-refractivity contribution in [3.05, 3.63) is 0 Å². The van der Waals surface area contributed by atoms with Crippen molar-refractivity contribution in [1.29, 1.82) is 0 Å². The Bertz CT molecular complexity index is 420. The number of nitrogens with one attached hydrogen (secondary N) is 2. The summed E-state index contributed by atoms with van der Waals surface area (Å²) in [7, 11) is -3.15. The van der Waals surface area contributed by atoms with Gasteiger partial charge in [0.15, 0.2) is 16.6 Å². The molecule has 0 unspecified atom stereocenters. The van der Waals surface area contributed by atoms with E-state index in [1.165, 1.54) is 24.9 Å². The lowest BCUT2D eigenvalue weighted by atomic mass is 10.4. The molecule has 0 bridgehead atoms. The minimum atomic E-state index is -1.57. The van der Waals surface area contributed by atoms with Crippen molar-refractivity contribution in [3.63, 3.8) is 0 Å². The van der Waals surface area contributed by atoms with Gasteiger partial charge in [0.2, 0.25) is 0 Å². The molecule has 0 aliphatic carbocycles. The molecule has 0 radical (unpaired) electrons. The van der Waals surface area contributed by atoms with Crippen LogP contribution in [0.4, 0.5) is 0 Å². The molecule has 0 aromatic carbocycles. The highest BCUT2D eigenvalue weighted by molar-refractivity contribution is 6.84. The molecule has 2 fully saturated rings. The van der Waals surface area contributed by atoms with E-state index in [-0.39, 0.29) is 0 Å². The summed E-state index contributed by atoms with van der Waals surface area (Å²) < 4.78 is 17.6. The monoisotopic (exact) mass is 474 g/mol. The van der Waals surface area contributed by atoms with E-state index in [1.807, 2.05) is 0 Å². The van der Waals surface area contributed by atoms with Gasteiger partial charge < -0.3 is 24.2 Å². The van der Waals surface area contributed by atoms with Gasteiger partial charge in [-0.05, 0) is 64.2 Å². The van der Waals surface area contributed by atoms with Crippen LogP contribution in [0.25, 0.3) is 0 Å². The topological polar surface area (TPSA) is 58.2 Å². The third-order valence-electron chi connectivity index (χ3n) is 6.23.